The zero-order chi connectivity index (χ0) is 13.5. The van der Waals surface area contributed by atoms with Gasteiger partial charge in [-0.3, -0.25) is 4.79 Å². The van der Waals surface area contributed by atoms with E-state index < -0.39 is 0 Å². The molecule has 2 nitrogen and oxygen atoms in total. The van der Waals surface area contributed by atoms with Crippen molar-refractivity contribution in [2.24, 2.45) is 5.92 Å². The minimum atomic E-state index is 0.100. The van der Waals surface area contributed by atoms with Gasteiger partial charge in [0.2, 0.25) is 5.91 Å². The molecule has 0 bridgehead atoms. The van der Waals surface area contributed by atoms with Crippen molar-refractivity contribution in [3.8, 4) is 0 Å². The highest BCUT2D eigenvalue weighted by atomic mass is 35.5. The van der Waals surface area contributed by atoms with Crippen molar-refractivity contribution in [3.05, 3.63) is 34.9 Å². The first-order valence-electron chi connectivity index (χ1n) is 6.10. The highest BCUT2D eigenvalue weighted by Gasteiger charge is 2.10. The van der Waals surface area contributed by atoms with E-state index >= 15 is 0 Å². The molecule has 0 saturated carbocycles. The van der Waals surface area contributed by atoms with Crippen LogP contribution in [0.5, 0.6) is 0 Å². The van der Waals surface area contributed by atoms with E-state index in [9.17, 15) is 4.79 Å². The summed E-state index contributed by atoms with van der Waals surface area (Å²) < 4.78 is 0. The Morgan fingerprint density at radius 2 is 2.11 bits per heavy atom. The molecule has 0 radical (unpaired) electrons. The zero-order valence-corrected chi connectivity index (χ0v) is 12.6. The molecule has 0 fully saturated rings. The van der Waals surface area contributed by atoms with E-state index in [4.69, 9.17) is 11.6 Å². The van der Waals surface area contributed by atoms with Crippen molar-refractivity contribution in [1.29, 1.82) is 0 Å². The summed E-state index contributed by atoms with van der Waals surface area (Å²) in [4.78, 5) is 11.7. The third-order valence-electron chi connectivity index (χ3n) is 2.78. The second-order valence-corrected chi connectivity index (χ2v) is 6.14. The average Bonchev–Trinajstić information content (AvgIpc) is 2.28. The molecule has 1 amide bonds. The quantitative estimate of drug-likeness (QED) is 0.863. The number of hydrogen-bond acceptors (Lipinski definition) is 2. The molecule has 0 aliphatic heterocycles. The number of hydrogen-bond donors (Lipinski definition) is 1. The summed E-state index contributed by atoms with van der Waals surface area (Å²) in [5, 5.41) is 3.73. The molecular formula is C14H20ClNOS. The summed E-state index contributed by atoms with van der Waals surface area (Å²) >= 11 is 7.51. The van der Waals surface area contributed by atoms with Gasteiger partial charge in [0.15, 0.2) is 0 Å². The van der Waals surface area contributed by atoms with Gasteiger partial charge in [-0.05, 0) is 30.5 Å². The second kappa shape index (κ2) is 7.70. The number of carbonyl (C=O) groups is 1. The smallest absolute Gasteiger partial charge is 0.230 e. The molecule has 1 aromatic rings. The van der Waals surface area contributed by atoms with Gasteiger partial charge >= 0.3 is 0 Å². The first-order chi connectivity index (χ1) is 8.49. The topological polar surface area (TPSA) is 29.1 Å². The van der Waals surface area contributed by atoms with Crippen molar-refractivity contribution in [2.75, 3.05) is 5.75 Å². The second-order valence-electron chi connectivity index (χ2n) is 4.72. The van der Waals surface area contributed by atoms with Crippen molar-refractivity contribution >= 4 is 29.3 Å². The monoisotopic (exact) mass is 285 g/mol. The molecule has 1 N–H and O–H groups in total. The molecule has 0 unspecified atom stereocenters. The van der Waals surface area contributed by atoms with Gasteiger partial charge < -0.3 is 5.32 Å². The lowest BCUT2D eigenvalue weighted by atomic mass is 10.1. The molecule has 0 aromatic heterocycles. The highest BCUT2D eigenvalue weighted by molar-refractivity contribution is 7.99. The summed E-state index contributed by atoms with van der Waals surface area (Å²) in [5.41, 5.74) is 1.15. The van der Waals surface area contributed by atoms with Crippen LogP contribution in [0.3, 0.4) is 0 Å². The van der Waals surface area contributed by atoms with E-state index in [0.717, 1.165) is 16.3 Å². The summed E-state index contributed by atoms with van der Waals surface area (Å²) in [6, 6.07) is 7.96. The van der Waals surface area contributed by atoms with Crippen LogP contribution < -0.4 is 5.32 Å². The van der Waals surface area contributed by atoms with E-state index in [2.05, 4.69) is 19.2 Å². The summed E-state index contributed by atoms with van der Waals surface area (Å²) in [5.74, 6) is 1.86. The Hall–Kier alpha value is -0.670. The van der Waals surface area contributed by atoms with Crippen molar-refractivity contribution in [1.82, 2.24) is 5.32 Å². The van der Waals surface area contributed by atoms with Crippen LogP contribution in [-0.4, -0.2) is 17.7 Å². The first kappa shape index (κ1) is 15.4. The minimum absolute atomic E-state index is 0.100. The molecule has 4 heteroatoms. The largest absolute Gasteiger partial charge is 0.353 e. The van der Waals surface area contributed by atoms with Gasteiger partial charge in [-0.25, -0.2) is 0 Å². The van der Waals surface area contributed by atoms with Crippen LogP contribution in [-0.2, 0) is 10.5 Å². The molecule has 100 valence electrons. The molecule has 0 spiro atoms. The van der Waals surface area contributed by atoms with Crippen LogP contribution in [0.25, 0.3) is 0 Å². The number of nitrogens with one attached hydrogen (secondary N) is 1. The van der Waals surface area contributed by atoms with Gasteiger partial charge in [0.25, 0.3) is 0 Å². The lowest BCUT2D eigenvalue weighted by molar-refractivity contribution is -0.119. The Bertz CT molecular complexity index is 395. The molecule has 0 heterocycles. The number of rotatable bonds is 6. The number of thioether (sulfide) groups is 1. The molecule has 0 aliphatic rings. The Balaban J connectivity index is 2.27. The fraction of sp³-hybridized carbons (Fsp3) is 0.500. The summed E-state index contributed by atoms with van der Waals surface area (Å²) in [7, 11) is 0. The van der Waals surface area contributed by atoms with E-state index in [1.807, 2.05) is 31.2 Å². The third-order valence-corrected chi connectivity index (χ3v) is 4.02. The van der Waals surface area contributed by atoms with Crippen LogP contribution in [0.1, 0.15) is 26.3 Å². The molecular weight excluding hydrogens is 266 g/mol. The van der Waals surface area contributed by atoms with Crippen LogP contribution in [0, 0.1) is 5.92 Å². The van der Waals surface area contributed by atoms with Gasteiger partial charge in [-0.2, -0.15) is 0 Å². The van der Waals surface area contributed by atoms with Crippen molar-refractivity contribution < 1.29 is 4.79 Å². The van der Waals surface area contributed by atoms with Gasteiger partial charge in [0.1, 0.15) is 0 Å². The Kier molecular flexibility index (Phi) is 6.58. The minimum Gasteiger partial charge on any atom is -0.353 e. The Labute approximate surface area is 118 Å². The van der Waals surface area contributed by atoms with Crippen LogP contribution >= 0.6 is 23.4 Å². The highest BCUT2D eigenvalue weighted by Crippen LogP contribution is 2.16. The molecule has 0 saturated heterocycles. The predicted octanol–water partition coefficient (Wildman–Crippen LogP) is 3.73. The molecule has 18 heavy (non-hydrogen) atoms. The first-order valence-corrected chi connectivity index (χ1v) is 7.64. The van der Waals surface area contributed by atoms with E-state index in [0.29, 0.717) is 11.7 Å². The summed E-state index contributed by atoms with van der Waals surface area (Å²) in [6.07, 6.45) is 0. The van der Waals surface area contributed by atoms with Crippen LogP contribution in [0.15, 0.2) is 24.3 Å². The maximum atomic E-state index is 11.7. The number of halogens is 1. The van der Waals surface area contributed by atoms with E-state index in [1.165, 1.54) is 0 Å². The molecule has 1 aromatic carbocycles. The fourth-order valence-corrected chi connectivity index (χ4v) is 2.35. The van der Waals surface area contributed by atoms with E-state index in [-0.39, 0.29) is 11.9 Å². The number of carbonyl (C=O) groups excluding carboxylic acids is 1. The van der Waals surface area contributed by atoms with Crippen LogP contribution in [0.2, 0.25) is 5.02 Å². The van der Waals surface area contributed by atoms with Gasteiger partial charge in [-0.15, -0.1) is 11.8 Å². The lowest BCUT2D eigenvalue weighted by Gasteiger charge is -2.17. The van der Waals surface area contributed by atoms with Gasteiger partial charge in [0.05, 0.1) is 5.75 Å². The third kappa shape index (κ3) is 5.78. The van der Waals surface area contributed by atoms with Gasteiger partial charge in [-0.1, -0.05) is 37.6 Å². The zero-order valence-electron chi connectivity index (χ0n) is 11.1. The van der Waals surface area contributed by atoms with Crippen molar-refractivity contribution in [2.45, 2.75) is 32.6 Å². The molecule has 0 aliphatic carbocycles. The normalized spacial score (nSPS) is 12.5. The maximum absolute atomic E-state index is 11.7. The lowest BCUT2D eigenvalue weighted by Crippen LogP contribution is -2.37. The van der Waals surface area contributed by atoms with Crippen molar-refractivity contribution in [3.63, 3.8) is 0 Å². The summed E-state index contributed by atoms with van der Waals surface area (Å²) in [6.45, 7) is 6.23. The molecule has 1 rings (SSSR count). The van der Waals surface area contributed by atoms with Crippen LogP contribution in [0.4, 0.5) is 0 Å². The molecule has 1 atom stereocenters. The fourth-order valence-electron chi connectivity index (χ4n) is 1.35. The predicted molar refractivity (Wildman–Crippen MR) is 80.1 cm³/mol. The Morgan fingerprint density at radius 1 is 1.39 bits per heavy atom. The Morgan fingerprint density at radius 3 is 2.72 bits per heavy atom. The van der Waals surface area contributed by atoms with Gasteiger partial charge in [0, 0.05) is 16.8 Å². The number of benzene rings is 1. The SMILES string of the molecule is CC(C)[C@@H](C)NC(=O)CSCc1cccc(Cl)c1. The van der Waals surface area contributed by atoms with E-state index in [1.54, 1.807) is 11.8 Å². The standard InChI is InChI=1S/C14H20ClNOS/c1-10(2)11(3)16-14(17)9-18-8-12-5-4-6-13(15)7-12/h4-7,10-11H,8-9H2,1-3H3,(H,16,17)/t11-/m1/s1. The number of amides is 1. The maximum Gasteiger partial charge on any atom is 0.230 e. The average molecular weight is 286 g/mol.